The van der Waals surface area contributed by atoms with Gasteiger partial charge < -0.3 is 15.7 Å². The van der Waals surface area contributed by atoms with Gasteiger partial charge in [0, 0.05) is 12.1 Å². The zero-order chi connectivity index (χ0) is 14.6. The Hall–Kier alpha value is -1.63. The number of piperazine rings is 1. The molecule has 3 N–H and O–H groups in total. The number of hydrogen-bond donors (Lipinski definition) is 3. The number of amides is 2. The third-order valence-corrected chi connectivity index (χ3v) is 3.27. The molecule has 1 saturated heterocycles. The first-order chi connectivity index (χ1) is 8.75. The van der Waals surface area contributed by atoms with Crippen LogP contribution in [-0.4, -0.2) is 59.0 Å². The molecule has 108 valence electrons. The molecule has 1 heterocycles. The topological polar surface area (TPSA) is 98.7 Å². The fourth-order valence-corrected chi connectivity index (χ4v) is 1.79. The first-order valence-electron chi connectivity index (χ1n) is 6.29. The summed E-state index contributed by atoms with van der Waals surface area (Å²) in [6, 6.07) is -0.854. The number of carboxylic acid groups (broad SMARTS) is 1. The van der Waals surface area contributed by atoms with Gasteiger partial charge in [0.25, 0.3) is 0 Å². The van der Waals surface area contributed by atoms with Crippen molar-refractivity contribution in [2.24, 2.45) is 0 Å². The highest BCUT2D eigenvalue weighted by atomic mass is 16.4. The summed E-state index contributed by atoms with van der Waals surface area (Å²) in [5.74, 6) is -1.57. The number of rotatable bonds is 5. The summed E-state index contributed by atoms with van der Waals surface area (Å²) in [5.41, 5.74) is -0.339. The molecule has 0 aromatic heterocycles. The Balaban J connectivity index is 2.64. The Morgan fingerprint density at radius 3 is 2.68 bits per heavy atom. The monoisotopic (exact) mass is 271 g/mol. The molecule has 2 amide bonds. The summed E-state index contributed by atoms with van der Waals surface area (Å²) in [4.78, 5) is 35.6. The molecule has 0 radical (unpaired) electrons. The Kier molecular flexibility index (Phi) is 4.88. The van der Waals surface area contributed by atoms with Crippen LogP contribution in [0.2, 0.25) is 0 Å². The van der Waals surface area contributed by atoms with Crippen molar-refractivity contribution in [1.29, 1.82) is 0 Å². The predicted octanol–water partition coefficient (Wildman–Crippen LogP) is -0.824. The van der Waals surface area contributed by atoms with Crippen LogP contribution in [0.1, 0.15) is 27.2 Å². The van der Waals surface area contributed by atoms with Crippen molar-refractivity contribution in [3.63, 3.8) is 0 Å². The molecule has 1 fully saturated rings. The van der Waals surface area contributed by atoms with E-state index in [0.717, 1.165) is 6.42 Å². The molecule has 0 aromatic carbocycles. The van der Waals surface area contributed by atoms with E-state index < -0.39 is 12.0 Å². The molecule has 19 heavy (non-hydrogen) atoms. The predicted molar refractivity (Wildman–Crippen MR) is 68.5 cm³/mol. The quantitative estimate of drug-likeness (QED) is 0.606. The second-order valence-corrected chi connectivity index (χ2v) is 5.35. The van der Waals surface area contributed by atoms with Crippen molar-refractivity contribution in [1.82, 2.24) is 15.5 Å². The van der Waals surface area contributed by atoms with Crippen molar-refractivity contribution in [2.45, 2.75) is 38.8 Å². The van der Waals surface area contributed by atoms with Crippen molar-refractivity contribution >= 4 is 17.8 Å². The van der Waals surface area contributed by atoms with Gasteiger partial charge in [-0.15, -0.1) is 0 Å². The molecule has 7 nitrogen and oxygen atoms in total. The summed E-state index contributed by atoms with van der Waals surface area (Å²) in [6.45, 7) is 5.60. The minimum atomic E-state index is -1.04. The number of hydrogen-bond acceptors (Lipinski definition) is 4. The maximum absolute atomic E-state index is 11.9. The highest BCUT2D eigenvalue weighted by Crippen LogP contribution is 2.08. The Morgan fingerprint density at radius 2 is 2.16 bits per heavy atom. The second kappa shape index (κ2) is 6.01. The van der Waals surface area contributed by atoms with Crippen molar-refractivity contribution in [3.05, 3.63) is 0 Å². The highest BCUT2D eigenvalue weighted by molar-refractivity contribution is 5.85. The van der Waals surface area contributed by atoms with E-state index >= 15 is 0 Å². The maximum Gasteiger partial charge on any atom is 0.322 e. The molecule has 1 aliphatic rings. The molecule has 0 aliphatic carbocycles. The second-order valence-electron chi connectivity index (χ2n) is 5.35. The van der Waals surface area contributed by atoms with E-state index in [0.29, 0.717) is 0 Å². The number of nitrogens with zero attached hydrogens (tertiary/aromatic N) is 1. The third kappa shape index (κ3) is 4.51. The number of aliphatic carboxylic acids is 1. The molecule has 1 aliphatic heterocycles. The molecule has 7 heteroatoms. The van der Waals surface area contributed by atoms with Gasteiger partial charge in [0.1, 0.15) is 6.04 Å². The minimum Gasteiger partial charge on any atom is -0.480 e. The summed E-state index contributed by atoms with van der Waals surface area (Å²) in [6.07, 6.45) is 0.765. The average Bonchev–Trinajstić information content (AvgIpc) is 2.27. The van der Waals surface area contributed by atoms with Crippen molar-refractivity contribution in [3.8, 4) is 0 Å². The zero-order valence-corrected chi connectivity index (χ0v) is 11.5. The minimum absolute atomic E-state index is 0.0264. The van der Waals surface area contributed by atoms with E-state index in [9.17, 15) is 14.4 Å². The van der Waals surface area contributed by atoms with Crippen LogP contribution in [0.4, 0.5) is 0 Å². The first-order valence-corrected chi connectivity index (χ1v) is 6.29. The van der Waals surface area contributed by atoms with Crippen LogP contribution < -0.4 is 10.6 Å². The van der Waals surface area contributed by atoms with Gasteiger partial charge in [0.15, 0.2) is 0 Å². The van der Waals surface area contributed by atoms with Gasteiger partial charge in [-0.25, -0.2) is 0 Å². The van der Waals surface area contributed by atoms with Crippen molar-refractivity contribution < 1.29 is 19.5 Å². The van der Waals surface area contributed by atoms with Gasteiger partial charge in [0.2, 0.25) is 11.8 Å². The third-order valence-electron chi connectivity index (χ3n) is 3.27. The van der Waals surface area contributed by atoms with Gasteiger partial charge in [0.05, 0.1) is 13.1 Å². The molecule has 1 unspecified atom stereocenters. The lowest BCUT2D eigenvalue weighted by Gasteiger charge is -2.33. The lowest BCUT2D eigenvalue weighted by molar-refractivity contribution is -0.146. The van der Waals surface area contributed by atoms with E-state index in [-0.39, 0.29) is 37.0 Å². The van der Waals surface area contributed by atoms with Crippen LogP contribution in [0.25, 0.3) is 0 Å². The van der Waals surface area contributed by atoms with Crippen LogP contribution in [0.3, 0.4) is 0 Å². The van der Waals surface area contributed by atoms with Gasteiger partial charge in [-0.05, 0) is 20.3 Å². The van der Waals surface area contributed by atoms with Crippen LogP contribution in [0, 0.1) is 0 Å². The standard InChI is InChI=1S/C12H21N3O4/c1-4-12(2,3)14-10(17)7-15-6-9(16)13-5-8(15)11(18)19/h8H,4-7H2,1-3H3,(H,13,16)(H,14,17)(H,18,19). The molecular weight excluding hydrogens is 250 g/mol. The van der Waals surface area contributed by atoms with Gasteiger partial charge in [-0.1, -0.05) is 6.92 Å². The van der Waals surface area contributed by atoms with Crippen molar-refractivity contribution in [2.75, 3.05) is 19.6 Å². The Bertz CT molecular complexity index is 381. The highest BCUT2D eigenvalue weighted by Gasteiger charge is 2.33. The maximum atomic E-state index is 11.9. The molecule has 0 bridgehead atoms. The largest absolute Gasteiger partial charge is 0.480 e. The molecular formula is C12H21N3O4. The van der Waals surface area contributed by atoms with Crippen LogP contribution in [0.15, 0.2) is 0 Å². The lowest BCUT2D eigenvalue weighted by atomic mass is 10.0. The van der Waals surface area contributed by atoms with Gasteiger partial charge in [-0.3, -0.25) is 19.3 Å². The first kappa shape index (κ1) is 15.4. The SMILES string of the molecule is CCC(C)(C)NC(=O)CN1CC(=O)NCC1C(=O)O. The van der Waals surface area contributed by atoms with Crippen LogP contribution >= 0.6 is 0 Å². The number of nitrogens with one attached hydrogen (secondary N) is 2. The summed E-state index contributed by atoms with van der Waals surface area (Å²) in [5, 5.41) is 14.4. The summed E-state index contributed by atoms with van der Waals surface area (Å²) in [7, 11) is 0. The molecule has 0 spiro atoms. The van der Waals surface area contributed by atoms with E-state index in [2.05, 4.69) is 10.6 Å². The molecule has 0 saturated carbocycles. The average molecular weight is 271 g/mol. The van der Waals surface area contributed by atoms with E-state index in [1.807, 2.05) is 20.8 Å². The van der Waals surface area contributed by atoms with Gasteiger partial charge in [-0.2, -0.15) is 0 Å². The van der Waals surface area contributed by atoms with Gasteiger partial charge >= 0.3 is 5.97 Å². The van der Waals surface area contributed by atoms with E-state index in [4.69, 9.17) is 5.11 Å². The Morgan fingerprint density at radius 1 is 1.53 bits per heavy atom. The number of carboxylic acids is 1. The zero-order valence-electron chi connectivity index (χ0n) is 11.5. The molecule has 0 aromatic rings. The van der Waals surface area contributed by atoms with Crippen LogP contribution in [0.5, 0.6) is 0 Å². The molecule has 1 atom stereocenters. The summed E-state index contributed by atoms with van der Waals surface area (Å²) < 4.78 is 0. The fraction of sp³-hybridized carbons (Fsp3) is 0.750. The Labute approximate surface area is 112 Å². The normalized spacial score (nSPS) is 20.8. The number of carbonyl (C=O) groups excluding carboxylic acids is 2. The van der Waals surface area contributed by atoms with E-state index in [1.54, 1.807) is 0 Å². The lowest BCUT2D eigenvalue weighted by Crippen LogP contribution is -2.60. The smallest absolute Gasteiger partial charge is 0.322 e. The fourth-order valence-electron chi connectivity index (χ4n) is 1.79. The molecule has 1 rings (SSSR count). The van der Waals surface area contributed by atoms with Crippen LogP contribution in [-0.2, 0) is 14.4 Å². The summed E-state index contributed by atoms with van der Waals surface area (Å²) >= 11 is 0. The van der Waals surface area contributed by atoms with E-state index in [1.165, 1.54) is 4.90 Å². The number of carbonyl (C=O) groups is 3.